The van der Waals surface area contributed by atoms with Gasteiger partial charge in [0.1, 0.15) is 18.0 Å². The van der Waals surface area contributed by atoms with Crippen LogP contribution in [0.2, 0.25) is 5.02 Å². The highest BCUT2D eigenvalue weighted by atomic mass is 35.5. The number of rotatable bonds is 4. The third-order valence-corrected chi connectivity index (χ3v) is 2.76. The Morgan fingerprint density at radius 2 is 2.06 bits per heavy atom. The van der Waals surface area contributed by atoms with Crippen molar-refractivity contribution in [3.05, 3.63) is 41.2 Å². The summed E-state index contributed by atoms with van der Waals surface area (Å²) in [7, 11) is 0. The maximum Gasteiger partial charge on any atom is 0.148 e. The Morgan fingerprint density at radius 1 is 1.28 bits per heavy atom. The van der Waals surface area contributed by atoms with E-state index in [9.17, 15) is 0 Å². The summed E-state index contributed by atoms with van der Waals surface area (Å²) in [6.07, 6.45) is 2.23. The summed E-state index contributed by atoms with van der Waals surface area (Å²) in [6.45, 7) is 2.02. The molecule has 6 heteroatoms. The summed E-state index contributed by atoms with van der Waals surface area (Å²) in [4.78, 5) is 8.30. The van der Waals surface area contributed by atoms with Crippen LogP contribution in [0.15, 0.2) is 30.6 Å². The largest absolute Gasteiger partial charge is 0.340 e. The Hall–Kier alpha value is -1.85. The average molecular weight is 264 g/mol. The van der Waals surface area contributed by atoms with Gasteiger partial charge in [-0.25, -0.2) is 15.8 Å². The number of benzene rings is 1. The molecule has 0 amide bonds. The molecule has 4 N–H and O–H groups in total. The second kappa shape index (κ2) is 5.66. The van der Waals surface area contributed by atoms with Gasteiger partial charge in [0, 0.05) is 16.3 Å². The van der Waals surface area contributed by atoms with Crippen LogP contribution < -0.4 is 16.6 Å². The molecule has 0 saturated heterocycles. The lowest BCUT2D eigenvalue weighted by Gasteiger charge is -2.12. The Kier molecular flexibility index (Phi) is 3.96. The lowest BCUT2D eigenvalue weighted by Crippen LogP contribution is -2.13. The molecule has 0 aliphatic heterocycles. The number of nitrogens with one attached hydrogen (secondary N) is 2. The van der Waals surface area contributed by atoms with Crippen molar-refractivity contribution >= 4 is 28.9 Å². The zero-order valence-electron chi connectivity index (χ0n) is 9.94. The Balaban J connectivity index is 2.34. The van der Waals surface area contributed by atoms with Gasteiger partial charge >= 0.3 is 0 Å². The molecular formula is C12H14ClN5. The molecule has 0 radical (unpaired) electrons. The van der Waals surface area contributed by atoms with E-state index in [4.69, 9.17) is 17.4 Å². The van der Waals surface area contributed by atoms with E-state index in [1.165, 1.54) is 6.33 Å². The highest BCUT2D eigenvalue weighted by Gasteiger charge is 2.08. The molecule has 5 nitrogen and oxygen atoms in total. The molecule has 18 heavy (non-hydrogen) atoms. The first-order valence-electron chi connectivity index (χ1n) is 5.57. The first-order valence-corrected chi connectivity index (χ1v) is 5.95. The van der Waals surface area contributed by atoms with E-state index in [1.807, 2.05) is 31.2 Å². The fourth-order valence-electron chi connectivity index (χ4n) is 1.68. The van der Waals surface area contributed by atoms with Crippen molar-refractivity contribution in [2.75, 3.05) is 10.7 Å². The minimum absolute atomic E-state index is 0.622. The summed E-state index contributed by atoms with van der Waals surface area (Å²) in [5, 5.41) is 3.88. The van der Waals surface area contributed by atoms with Gasteiger partial charge in [-0.05, 0) is 24.6 Å². The van der Waals surface area contributed by atoms with Crippen LogP contribution >= 0.6 is 11.6 Å². The zero-order chi connectivity index (χ0) is 13.0. The molecule has 1 aromatic heterocycles. The molecule has 0 unspecified atom stereocenters. The number of aromatic nitrogens is 2. The summed E-state index contributed by atoms with van der Waals surface area (Å²) in [5.41, 5.74) is 4.37. The molecule has 1 heterocycles. The molecule has 0 atom stereocenters. The zero-order valence-corrected chi connectivity index (χ0v) is 10.7. The summed E-state index contributed by atoms with van der Waals surface area (Å²) in [6, 6.07) is 7.45. The first-order chi connectivity index (χ1) is 8.74. The van der Waals surface area contributed by atoms with E-state index in [1.54, 1.807) is 0 Å². The molecule has 0 saturated carbocycles. The molecule has 94 valence electrons. The fraction of sp³-hybridized carbons (Fsp3) is 0.167. The number of nitrogens with two attached hydrogens (primary N) is 1. The van der Waals surface area contributed by atoms with E-state index in [-0.39, 0.29) is 0 Å². The standard InChI is InChI=1S/C12H14ClN5/c1-2-10-11(15-7-16-12(10)18-14)17-9-5-3-4-8(13)6-9/h3-7H,2,14H2,1H3,(H2,15,16,17,18). The number of hydrogen-bond donors (Lipinski definition) is 3. The Morgan fingerprint density at radius 3 is 2.72 bits per heavy atom. The summed E-state index contributed by atoms with van der Waals surface area (Å²) in [5.74, 6) is 6.77. The topological polar surface area (TPSA) is 75.9 Å². The Bertz CT molecular complexity index is 544. The van der Waals surface area contributed by atoms with Gasteiger partial charge in [0.05, 0.1) is 0 Å². The van der Waals surface area contributed by atoms with Gasteiger partial charge in [-0.15, -0.1) is 0 Å². The van der Waals surface area contributed by atoms with Gasteiger partial charge in [-0.1, -0.05) is 24.6 Å². The van der Waals surface area contributed by atoms with Crippen molar-refractivity contribution in [2.24, 2.45) is 5.84 Å². The number of anilines is 3. The van der Waals surface area contributed by atoms with Crippen LogP contribution in [0.5, 0.6) is 0 Å². The first kappa shape index (κ1) is 12.6. The molecule has 0 aliphatic rings. The van der Waals surface area contributed by atoms with Gasteiger partial charge in [0.2, 0.25) is 0 Å². The smallest absolute Gasteiger partial charge is 0.148 e. The van der Waals surface area contributed by atoms with Crippen molar-refractivity contribution in [1.29, 1.82) is 0 Å². The summed E-state index contributed by atoms with van der Waals surface area (Å²) >= 11 is 5.94. The van der Waals surface area contributed by atoms with Crippen molar-refractivity contribution in [1.82, 2.24) is 9.97 Å². The van der Waals surface area contributed by atoms with Crippen LogP contribution in [0.1, 0.15) is 12.5 Å². The highest BCUT2D eigenvalue weighted by molar-refractivity contribution is 6.30. The molecule has 0 fully saturated rings. The van der Waals surface area contributed by atoms with Crippen molar-refractivity contribution in [3.8, 4) is 0 Å². The molecule has 0 bridgehead atoms. The van der Waals surface area contributed by atoms with Gasteiger partial charge in [0.15, 0.2) is 0 Å². The van der Waals surface area contributed by atoms with Crippen LogP contribution in [0.25, 0.3) is 0 Å². The Labute approximate surface area is 110 Å². The number of hydrazine groups is 1. The van der Waals surface area contributed by atoms with Crippen LogP contribution in [0.4, 0.5) is 17.3 Å². The number of halogens is 1. The van der Waals surface area contributed by atoms with Crippen LogP contribution in [-0.4, -0.2) is 9.97 Å². The molecule has 0 spiro atoms. The molecule has 2 rings (SSSR count). The third kappa shape index (κ3) is 2.69. The van der Waals surface area contributed by atoms with E-state index < -0.39 is 0 Å². The minimum atomic E-state index is 0.622. The van der Waals surface area contributed by atoms with E-state index in [0.717, 1.165) is 23.5 Å². The van der Waals surface area contributed by atoms with E-state index >= 15 is 0 Å². The predicted octanol–water partition coefficient (Wildman–Crippen LogP) is 2.72. The normalized spacial score (nSPS) is 10.2. The SMILES string of the molecule is CCc1c(NN)ncnc1Nc1cccc(Cl)c1. The highest BCUT2D eigenvalue weighted by Crippen LogP contribution is 2.24. The number of nitrogen functional groups attached to an aromatic ring is 1. The minimum Gasteiger partial charge on any atom is -0.340 e. The monoisotopic (exact) mass is 263 g/mol. The second-order valence-corrected chi connectivity index (χ2v) is 4.12. The van der Waals surface area contributed by atoms with E-state index in [2.05, 4.69) is 20.7 Å². The second-order valence-electron chi connectivity index (χ2n) is 3.68. The van der Waals surface area contributed by atoms with Gasteiger partial charge in [-0.3, -0.25) is 0 Å². The average Bonchev–Trinajstić information content (AvgIpc) is 2.38. The maximum absolute atomic E-state index is 5.94. The van der Waals surface area contributed by atoms with Crippen molar-refractivity contribution < 1.29 is 0 Å². The molecule has 0 aliphatic carbocycles. The van der Waals surface area contributed by atoms with Gasteiger partial charge in [0.25, 0.3) is 0 Å². The quantitative estimate of drug-likeness (QED) is 0.584. The number of nitrogens with zero attached hydrogens (tertiary/aromatic N) is 2. The third-order valence-electron chi connectivity index (χ3n) is 2.52. The van der Waals surface area contributed by atoms with Crippen LogP contribution in [-0.2, 0) is 6.42 Å². The lowest BCUT2D eigenvalue weighted by molar-refractivity contribution is 1.04. The van der Waals surface area contributed by atoms with Crippen molar-refractivity contribution in [3.63, 3.8) is 0 Å². The fourth-order valence-corrected chi connectivity index (χ4v) is 1.87. The van der Waals surface area contributed by atoms with Crippen LogP contribution in [0, 0.1) is 0 Å². The molecular weight excluding hydrogens is 250 g/mol. The maximum atomic E-state index is 5.94. The predicted molar refractivity (Wildman–Crippen MR) is 74.0 cm³/mol. The lowest BCUT2D eigenvalue weighted by atomic mass is 10.2. The summed E-state index contributed by atoms with van der Waals surface area (Å²) < 4.78 is 0. The van der Waals surface area contributed by atoms with Gasteiger partial charge in [-0.2, -0.15) is 0 Å². The van der Waals surface area contributed by atoms with Crippen molar-refractivity contribution in [2.45, 2.75) is 13.3 Å². The van der Waals surface area contributed by atoms with Gasteiger partial charge < -0.3 is 10.7 Å². The van der Waals surface area contributed by atoms with E-state index in [0.29, 0.717) is 10.8 Å². The number of hydrogen-bond acceptors (Lipinski definition) is 5. The molecule has 1 aromatic carbocycles. The van der Waals surface area contributed by atoms with Crippen LogP contribution in [0.3, 0.4) is 0 Å². The molecule has 2 aromatic rings.